The number of rotatable bonds is 4. The van der Waals surface area contributed by atoms with Crippen molar-refractivity contribution in [3.8, 4) is 5.75 Å². The molecule has 0 aliphatic rings. The summed E-state index contributed by atoms with van der Waals surface area (Å²) in [4.78, 5) is 0. The van der Waals surface area contributed by atoms with Gasteiger partial charge in [-0.15, -0.1) is 0 Å². The van der Waals surface area contributed by atoms with E-state index >= 15 is 0 Å². The van der Waals surface area contributed by atoms with Crippen LogP contribution in [0.15, 0.2) is 54.6 Å². The lowest BCUT2D eigenvalue weighted by molar-refractivity contribution is 0.386. The second-order valence-electron chi connectivity index (χ2n) is 3.79. The van der Waals surface area contributed by atoms with Gasteiger partial charge in [0.15, 0.2) is 5.75 Å². The van der Waals surface area contributed by atoms with Crippen LogP contribution >= 0.6 is 0 Å². The predicted molar refractivity (Wildman–Crippen MR) is 74.0 cm³/mol. The highest BCUT2D eigenvalue weighted by Gasteiger charge is 2.09. The molecule has 0 aliphatic heterocycles. The molecule has 0 atom stereocenters. The molecule has 0 aromatic heterocycles. The van der Waals surface area contributed by atoms with Crippen LogP contribution in [0.4, 0.5) is 0 Å². The lowest BCUT2D eigenvalue weighted by atomic mass is 10.1. The van der Waals surface area contributed by atoms with Gasteiger partial charge in [-0.2, -0.15) is 8.42 Å². The van der Waals surface area contributed by atoms with E-state index in [-0.39, 0.29) is 5.75 Å². The van der Waals surface area contributed by atoms with Gasteiger partial charge in [0, 0.05) is 5.56 Å². The van der Waals surface area contributed by atoms with E-state index in [0.717, 1.165) is 5.56 Å². The average molecular weight is 276 g/mol. The van der Waals surface area contributed by atoms with E-state index in [1.165, 1.54) is 6.07 Å². The van der Waals surface area contributed by atoms with E-state index in [1.54, 1.807) is 24.3 Å². The van der Waals surface area contributed by atoms with Crippen LogP contribution in [-0.4, -0.2) is 13.0 Å². The fourth-order valence-electron chi connectivity index (χ4n) is 1.56. The van der Waals surface area contributed by atoms with Gasteiger partial charge in [-0.25, -0.2) is 0 Å². The third kappa shape index (κ3) is 4.24. The quantitative estimate of drug-likeness (QED) is 0.688. The van der Waals surface area contributed by atoms with Crippen LogP contribution in [0.1, 0.15) is 11.1 Å². The molecule has 2 aromatic carbocycles. The fourth-order valence-corrected chi connectivity index (χ4v) is 1.94. The minimum absolute atomic E-state index is 0.0807. The van der Waals surface area contributed by atoms with Gasteiger partial charge in [-0.1, -0.05) is 60.7 Å². The molecule has 4 nitrogen and oxygen atoms in total. The normalized spacial score (nSPS) is 11.6. The fraction of sp³-hybridized carbons (Fsp3) is 0. The summed E-state index contributed by atoms with van der Waals surface area (Å²) >= 11 is 0. The lowest BCUT2D eigenvalue weighted by Crippen LogP contribution is -2.07. The Labute approximate surface area is 111 Å². The van der Waals surface area contributed by atoms with E-state index in [0.29, 0.717) is 5.56 Å². The molecule has 98 valence electrons. The molecule has 2 rings (SSSR count). The molecule has 0 fully saturated rings. The van der Waals surface area contributed by atoms with Crippen molar-refractivity contribution in [2.75, 3.05) is 0 Å². The Balaban J connectivity index is 2.28. The van der Waals surface area contributed by atoms with Crippen LogP contribution in [0, 0.1) is 0 Å². The molecule has 0 spiro atoms. The zero-order valence-electron chi connectivity index (χ0n) is 9.93. The predicted octanol–water partition coefficient (Wildman–Crippen LogP) is 3.04. The molecular weight excluding hydrogens is 264 g/mol. The standard InChI is InChI=1S/C14H12O4S/c15-19(16,17)18-14-9-5-4-8-13(14)11-10-12-6-2-1-3-7-12/h1-11H,(H,15,16,17). The summed E-state index contributed by atoms with van der Waals surface area (Å²) in [5.74, 6) is 0.0807. The molecule has 19 heavy (non-hydrogen) atoms. The zero-order valence-corrected chi connectivity index (χ0v) is 10.7. The summed E-state index contributed by atoms with van der Waals surface area (Å²) < 4.78 is 34.7. The maximum Gasteiger partial charge on any atom is 0.446 e. The first-order chi connectivity index (χ1) is 9.04. The minimum Gasteiger partial charge on any atom is -0.361 e. The SMILES string of the molecule is O=S(=O)(O)Oc1ccccc1C=Cc1ccccc1. The Morgan fingerprint density at radius 3 is 2.21 bits per heavy atom. The summed E-state index contributed by atoms with van der Waals surface area (Å²) in [6.45, 7) is 0. The maximum absolute atomic E-state index is 10.7. The largest absolute Gasteiger partial charge is 0.446 e. The van der Waals surface area contributed by atoms with Crippen molar-refractivity contribution < 1.29 is 17.2 Å². The Morgan fingerprint density at radius 2 is 1.53 bits per heavy atom. The Morgan fingerprint density at radius 1 is 0.895 bits per heavy atom. The second-order valence-corrected chi connectivity index (χ2v) is 4.82. The number of benzene rings is 2. The van der Waals surface area contributed by atoms with Gasteiger partial charge in [0.2, 0.25) is 0 Å². The first kappa shape index (κ1) is 13.3. The molecule has 0 radical (unpaired) electrons. The van der Waals surface area contributed by atoms with Crippen LogP contribution in [0.5, 0.6) is 5.75 Å². The van der Waals surface area contributed by atoms with Crippen LogP contribution in [0.2, 0.25) is 0 Å². The molecule has 2 aromatic rings. The Kier molecular flexibility index (Phi) is 3.99. The van der Waals surface area contributed by atoms with Crippen LogP contribution in [-0.2, 0) is 10.4 Å². The van der Waals surface area contributed by atoms with E-state index in [9.17, 15) is 8.42 Å². The highest BCUT2D eigenvalue weighted by Crippen LogP contribution is 2.21. The van der Waals surface area contributed by atoms with Gasteiger partial charge < -0.3 is 4.18 Å². The van der Waals surface area contributed by atoms with Crippen LogP contribution in [0.25, 0.3) is 12.2 Å². The van der Waals surface area contributed by atoms with Crippen molar-refractivity contribution in [1.29, 1.82) is 0 Å². The monoisotopic (exact) mass is 276 g/mol. The van der Waals surface area contributed by atoms with Gasteiger partial charge in [-0.3, -0.25) is 4.55 Å². The molecule has 0 aliphatic carbocycles. The van der Waals surface area contributed by atoms with Crippen molar-refractivity contribution in [1.82, 2.24) is 0 Å². The van der Waals surface area contributed by atoms with Gasteiger partial charge in [0.05, 0.1) is 0 Å². The zero-order chi connectivity index (χ0) is 13.7. The molecule has 0 saturated carbocycles. The summed E-state index contributed by atoms with van der Waals surface area (Å²) in [7, 11) is -4.52. The summed E-state index contributed by atoms with van der Waals surface area (Å²) in [6.07, 6.45) is 3.54. The molecule has 0 bridgehead atoms. The summed E-state index contributed by atoms with van der Waals surface area (Å²) in [5, 5.41) is 0. The molecule has 1 N–H and O–H groups in total. The van der Waals surface area contributed by atoms with E-state index in [1.807, 2.05) is 36.4 Å². The molecule has 0 saturated heterocycles. The Bertz CT molecular complexity index is 676. The average Bonchev–Trinajstić information content (AvgIpc) is 2.37. The number of hydrogen-bond donors (Lipinski definition) is 1. The molecule has 0 heterocycles. The molecule has 5 heteroatoms. The maximum atomic E-state index is 10.7. The van der Waals surface area contributed by atoms with Crippen molar-refractivity contribution in [2.24, 2.45) is 0 Å². The minimum atomic E-state index is -4.52. The highest BCUT2D eigenvalue weighted by atomic mass is 32.3. The second kappa shape index (κ2) is 5.69. The number of hydrogen-bond acceptors (Lipinski definition) is 3. The molecule has 0 amide bonds. The summed E-state index contributed by atoms with van der Waals surface area (Å²) in [5.41, 5.74) is 1.54. The third-order valence-corrected chi connectivity index (χ3v) is 2.76. The smallest absolute Gasteiger partial charge is 0.361 e. The van der Waals surface area contributed by atoms with Crippen molar-refractivity contribution >= 4 is 22.6 Å². The van der Waals surface area contributed by atoms with Crippen LogP contribution < -0.4 is 4.18 Å². The highest BCUT2D eigenvalue weighted by molar-refractivity contribution is 7.81. The lowest BCUT2D eigenvalue weighted by Gasteiger charge is -2.04. The van der Waals surface area contributed by atoms with Gasteiger partial charge >= 0.3 is 10.4 Å². The first-order valence-corrected chi connectivity index (χ1v) is 6.90. The summed E-state index contributed by atoms with van der Waals surface area (Å²) in [6, 6.07) is 16.1. The van der Waals surface area contributed by atoms with E-state index < -0.39 is 10.4 Å². The number of para-hydroxylation sites is 1. The van der Waals surface area contributed by atoms with Crippen LogP contribution in [0.3, 0.4) is 0 Å². The third-order valence-electron chi connectivity index (χ3n) is 2.37. The van der Waals surface area contributed by atoms with Gasteiger partial charge in [-0.05, 0) is 11.6 Å². The van der Waals surface area contributed by atoms with Gasteiger partial charge in [0.25, 0.3) is 0 Å². The van der Waals surface area contributed by atoms with Crippen molar-refractivity contribution in [3.63, 3.8) is 0 Å². The molecular formula is C14H12O4S. The van der Waals surface area contributed by atoms with Crippen molar-refractivity contribution in [2.45, 2.75) is 0 Å². The van der Waals surface area contributed by atoms with E-state index in [4.69, 9.17) is 4.55 Å². The van der Waals surface area contributed by atoms with Gasteiger partial charge in [0.1, 0.15) is 0 Å². The first-order valence-electron chi connectivity index (χ1n) is 5.54. The topological polar surface area (TPSA) is 63.6 Å². The molecule has 0 unspecified atom stereocenters. The Hall–Kier alpha value is -2.11. The van der Waals surface area contributed by atoms with E-state index in [2.05, 4.69) is 4.18 Å². The van der Waals surface area contributed by atoms with Crippen molar-refractivity contribution in [3.05, 3.63) is 65.7 Å².